The number of anilines is 2. The number of carbonyl (C=O) groups is 1. The van der Waals surface area contributed by atoms with Crippen molar-refractivity contribution in [3.63, 3.8) is 0 Å². The zero-order valence-electron chi connectivity index (χ0n) is 19.7. The van der Waals surface area contributed by atoms with Crippen LogP contribution in [0.15, 0.2) is 66.7 Å². The fourth-order valence-corrected chi connectivity index (χ4v) is 4.16. The molecule has 2 aromatic carbocycles. The Hall–Kier alpha value is -3.95. The second-order valence-electron chi connectivity index (χ2n) is 8.40. The van der Waals surface area contributed by atoms with Gasteiger partial charge in [0.2, 0.25) is 5.95 Å². The molecule has 1 amide bonds. The first kappa shape index (κ1) is 22.8. The summed E-state index contributed by atoms with van der Waals surface area (Å²) in [5.41, 5.74) is 4.06. The maximum absolute atomic E-state index is 12.5. The van der Waals surface area contributed by atoms with Crippen molar-refractivity contribution in [1.82, 2.24) is 30.1 Å². The Bertz CT molecular complexity index is 1300. The van der Waals surface area contributed by atoms with Crippen LogP contribution in [-0.4, -0.2) is 71.8 Å². The predicted molar refractivity (Wildman–Crippen MR) is 136 cm³/mol. The quantitative estimate of drug-likeness (QED) is 0.364. The summed E-state index contributed by atoms with van der Waals surface area (Å²) in [6, 6.07) is 21.0. The fraction of sp³-hybridized carbons (Fsp3) is 0.269. The van der Waals surface area contributed by atoms with E-state index in [1.165, 1.54) is 0 Å². The number of piperazine rings is 1. The third kappa shape index (κ3) is 5.42. The molecule has 1 aliphatic rings. The van der Waals surface area contributed by atoms with Crippen LogP contribution in [-0.2, 0) is 0 Å². The van der Waals surface area contributed by atoms with Crippen LogP contribution in [0.1, 0.15) is 10.4 Å². The van der Waals surface area contributed by atoms with Crippen molar-refractivity contribution in [2.75, 3.05) is 51.7 Å². The number of amides is 1. The Kier molecular flexibility index (Phi) is 6.87. The molecule has 180 valence electrons. The Morgan fingerprint density at radius 1 is 1.06 bits per heavy atom. The van der Waals surface area contributed by atoms with E-state index in [1.54, 1.807) is 23.8 Å². The molecule has 0 aliphatic carbocycles. The van der Waals surface area contributed by atoms with Crippen molar-refractivity contribution < 1.29 is 9.53 Å². The Morgan fingerprint density at radius 3 is 2.66 bits per heavy atom. The van der Waals surface area contributed by atoms with E-state index in [2.05, 4.69) is 30.9 Å². The van der Waals surface area contributed by atoms with E-state index in [0.29, 0.717) is 18.1 Å². The zero-order chi connectivity index (χ0) is 24.0. The van der Waals surface area contributed by atoms with Gasteiger partial charge >= 0.3 is 0 Å². The number of hydrogen-bond acceptors (Lipinski definition) is 7. The predicted octanol–water partition coefficient (Wildman–Crippen LogP) is 2.78. The molecule has 0 radical (unpaired) electrons. The Balaban J connectivity index is 1.24. The van der Waals surface area contributed by atoms with Crippen molar-refractivity contribution in [2.45, 2.75) is 0 Å². The number of nitrogens with one attached hydrogen (secondary N) is 3. The van der Waals surface area contributed by atoms with Gasteiger partial charge in [-0.25, -0.2) is 4.52 Å². The van der Waals surface area contributed by atoms with Crippen LogP contribution in [0.5, 0.6) is 5.75 Å². The van der Waals surface area contributed by atoms with Gasteiger partial charge in [-0.1, -0.05) is 18.2 Å². The fourth-order valence-electron chi connectivity index (χ4n) is 4.16. The highest BCUT2D eigenvalue weighted by atomic mass is 16.5. The number of nitrogens with zero attached hydrogens (tertiary/aromatic N) is 4. The molecule has 9 heteroatoms. The van der Waals surface area contributed by atoms with Gasteiger partial charge in [-0.3, -0.25) is 9.69 Å². The second-order valence-corrected chi connectivity index (χ2v) is 8.40. The van der Waals surface area contributed by atoms with Gasteiger partial charge < -0.3 is 20.7 Å². The molecule has 3 heterocycles. The topological polar surface area (TPSA) is 95.8 Å². The van der Waals surface area contributed by atoms with Gasteiger partial charge in [0.05, 0.1) is 12.8 Å². The average Bonchev–Trinajstić information content (AvgIpc) is 3.32. The number of pyridine rings is 1. The van der Waals surface area contributed by atoms with E-state index in [1.807, 2.05) is 54.6 Å². The van der Waals surface area contributed by atoms with Crippen LogP contribution >= 0.6 is 0 Å². The molecule has 4 aromatic rings. The smallest absolute Gasteiger partial charge is 0.251 e. The summed E-state index contributed by atoms with van der Waals surface area (Å²) in [4.78, 5) is 19.4. The largest absolute Gasteiger partial charge is 0.497 e. The van der Waals surface area contributed by atoms with Gasteiger partial charge in [-0.05, 0) is 48.5 Å². The summed E-state index contributed by atoms with van der Waals surface area (Å²) < 4.78 is 7.16. The molecule has 0 spiro atoms. The van der Waals surface area contributed by atoms with E-state index in [-0.39, 0.29) is 5.91 Å². The molecule has 1 aliphatic heterocycles. The van der Waals surface area contributed by atoms with Crippen molar-refractivity contribution in [3.8, 4) is 17.0 Å². The van der Waals surface area contributed by atoms with Crippen LogP contribution in [0.3, 0.4) is 0 Å². The second kappa shape index (κ2) is 10.5. The Morgan fingerprint density at radius 2 is 1.86 bits per heavy atom. The van der Waals surface area contributed by atoms with Gasteiger partial charge in [0.25, 0.3) is 5.91 Å². The molecular weight excluding hydrogens is 442 g/mol. The minimum atomic E-state index is -0.0690. The molecule has 3 N–H and O–H groups in total. The van der Waals surface area contributed by atoms with E-state index >= 15 is 0 Å². The van der Waals surface area contributed by atoms with Crippen LogP contribution in [0.4, 0.5) is 11.6 Å². The summed E-state index contributed by atoms with van der Waals surface area (Å²) >= 11 is 0. The summed E-state index contributed by atoms with van der Waals surface area (Å²) in [7, 11) is 1.65. The number of hydrogen-bond donors (Lipinski definition) is 3. The summed E-state index contributed by atoms with van der Waals surface area (Å²) in [5.74, 6) is 1.19. The first-order chi connectivity index (χ1) is 17.2. The van der Waals surface area contributed by atoms with E-state index in [9.17, 15) is 4.79 Å². The van der Waals surface area contributed by atoms with Crippen LogP contribution in [0, 0.1) is 0 Å². The van der Waals surface area contributed by atoms with Gasteiger partial charge in [0, 0.05) is 56.1 Å². The van der Waals surface area contributed by atoms with Crippen molar-refractivity contribution in [3.05, 3.63) is 72.3 Å². The lowest BCUT2D eigenvalue weighted by Gasteiger charge is -2.27. The van der Waals surface area contributed by atoms with Gasteiger partial charge in [-0.15, -0.1) is 5.10 Å². The third-order valence-corrected chi connectivity index (χ3v) is 6.05. The number of rotatable bonds is 8. The lowest BCUT2D eigenvalue weighted by molar-refractivity contribution is 0.0947. The zero-order valence-corrected chi connectivity index (χ0v) is 19.7. The molecule has 2 aromatic heterocycles. The number of ether oxygens (including phenoxy) is 1. The van der Waals surface area contributed by atoms with Gasteiger partial charge in [0.1, 0.15) is 5.75 Å². The van der Waals surface area contributed by atoms with Crippen LogP contribution < -0.4 is 20.7 Å². The van der Waals surface area contributed by atoms with E-state index in [0.717, 1.165) is 61.1 Å². The number of fused-ring (bicyclic) bond motifs is 1. The number of methoxy groups -OCH3 is 1. The molecule has 9 nitrogen and oxygen atoms in total. The molecular formula is C26H29N7O2. The standard InChI is InChI=1S/C26H29N7O2/c1-35-22-5-2-4-20(18-22)23-6-3-7-24-30-26(31-33(23)24)29-21-10-8-19(9-11-21)25(34)28-14-17-32-15-12-27-13-16-32/h2-11,18,27H,12-17H2,1H3,(H,28,34)(H,29,31). The molecule has 0 saturated carbocycles. The minimum Gasteiger partial charge on any atom is -0.497 e. The van der Waals surface area contributed by atoms with Crippen molar-refractivity contribution in [1.29, 1.82) is 0 Å². The Labute approximate surface area is 204 Å². The summed E-state index contributed by atoms with van der Waals surface area (Å²) in [6.07, 6.45) is 0. The molecule has 1 fully saturated rings. The van der Waals surface area contributed by atoms with E-state index < -0.39 is 0 Å². The molecule has 0 atom stereocenters. The molecule has 0 bridgehead atoms. The highest BCUT2D eigenvalue weighted by Gasteiger charge is 2.12. The first-order valence-corrected chi connectivity index (χ1v) is 11.8. The van der Waals surface area contributed by atoms with Crippen LogP contribution in [0.2, 0.25) is 0 Å². The highest BCUT2D eigenvalue weighted by Crippen LogP contribution is 2.25. The van der Waals surface area contributed by atoms with Crippen molar-refractivity contribution in [2.24, 2.45) is 0 Å². The molecule has 35 heavy (non-hydrogen) atoms. The highest BCUT2D eigenvalue weighted by molar-refractivity contribution is 5.94. The molecule has 5 rings (SSSR count). The summed E-state index contributed by atoms with van der Waals surface area (Å²) in [5, 5.41) is 14.2. The average molecular weight is 472 g/mol. The molecule has 1 saturated heterocycles. The third-order valence-electron chi connectivity index (χ3n) is 6.05. The normalized spacial score (nSPS) is 14.1. The number of aromatic nitrogens is 3. The maximum atomic E-state index is 12.5. The van der Waals surface area contributed by atoms with E-state index in [4.69, 9.17) is 4.74 Å². The van der Waals surface area contributed by atoms with Crippen LogP contribution in [0.25, 0.3) is 16.9 Å². The number of carbonyl (C=O) groups excluding carboxylic acids is 1. The molecule has 0 unspecified atom stereocenters. The minimum absolute atomic E-state index is 0.0690. The maximum Gasteiger partial charge on any atom is 0.251 e. The first-order valence-electron chi connectivity index (χ1n) is 11.8. The lowest BCUT2D eigenvalue weighted by atomic mass is 10.1. The SMILES string of the molecule is COc1cccc(-c2cccc3nc(Nc4ccc(C(=O)NCCN5CCNCC5)cc4)nn23)c1. The summed E-state index contributed by atoms with van der Waals surface area (Å²) in [6.45, 7) is 5.56. The van der Waals surface area contributed by atoms with Gasteiger partial charge in [0.15, 0.2) is 5.65 Å². The lowest BCUT2D eigenvalue weighted by Crippen LogP contribution is -2.46. The monoisotopic (exact) mass is 471 g/mol. The van der Waals surface area contributed by atoms with Crippen molar-refractivity contribution >= 4 is 23.2 Å². The number of benzene rings is 2. The van der Waals surface area contributed by atoms with Gasteiger partial charge in [-0.2, -0.15) is 4.98 Å².